The molecule has 0 bridgehead atoms. The summed E-state index contributed by atoms with van der Waals surface area (Å²) in [5.74, 6) is -1.30. The fourth-order valence-electron chi connectivity index (χ4n) is 8.48. The Bertz CT molecular complexity index is 1630. The second-order valence-corrected chi connectivity index (χ2v) is 20.0. The van der Waals surface area contributed by atoms with E-state index in [1.807, 2.05) is 18.2 Å². The summed E-state index contributed by atoms with van der Waals surface area (Å²) in [6.07, 6.45) is 58.5. The predicted molar refractivity (Wildman–Crippen MR) is 310 cm³/mol. The smallest absolute Gasteiger partial charge is 0.306 e. The molecule has 75 heavy (non-hydrogen) atoms. The monoisotopic (exact) mass is 1050 g/mol. The Balaban J connectivity index is 2.80. The number of amides is 1. The standard InChI is InChI=1S/C64H107NO10/c1-4-7-10-13-16-19-22-25-27-28-29-31-33-36-39-42-45-48-51-57(68)63(72)65-55(56(67)50-47-44-41-38-35-32-24-21-18-15-12-9-6-3)54-73-64-62(61(71)60(70)58(53-66)74-64)75-59(69)52-49-46-43-40-37-34-30-26-23-20-17-14-11-8-5-2/h7,10,16-17,19-20,23,25-27,29,31,36,39,45,47-48,50,55-58,60-62,64,66-68,70-71H,4-6,8-9,11-15,18,21-22,24,28,30,32-35,37-38,40-44,46,49,51-54H2,1-3H3,(H,65,72)/b10-7-,19-16-,20-17+,26-23+,27-25-,31-29-,39-36-,48-45-,50-47+. The van der Waals surface area contributed by atoms with Crippen molar-refractivity contribution in [3.05, 3.63) is 109 Å². The first-order valence-electron chi connectivity index (χ1n) is 29.7. The van der Waals surface area contributed by atoms with Crippen LogP contribution in [0.25, 0.3) is 0 Å². The summed E-state index contributed by atoms with van der Waals surface area (Å²) in [7, 11) is 0. The van der Waals surface area contributed by atoms with Gasteiger partial charge in [-0.2, -0.15) is 0 Å². The molecule has 11 nitrogen and oxygen atoms in total. The summed E-state index contributed by atoms with van der Waals surface area (Å²) in [5.41, 5.74) is 0. The topological polar surface area (TPSA) is 175 Å². The average molecular weight is 1050 g/mol. The van der Waals surface area contributed by atoms with Crippen molar-refractivity contribution in [2.45, 2.75) is 269 Å². The molecule has 1 rings (SSSR count). The van der Waals surface area contributed by atoms with E-state index in [4.69, 9.17) is 14.2 Å². The molecule has 0 spiro atoms. The van der Waals surface area contributed by atoms with Crippen molar-refractivity contribution in [2.75, 3.05) is 13.2 Å². The molecule has 1 amide bonds. The predicted octanol–water partition coefficient (Wildman–Crippen LogP) is 13.7. The van der Waals surface area contributed by atoms with Crippen molar-refractivity contribution >= 4 is 11.9 Å². The van der Waals surface area contributed by atoms with Gasteiger partial charge in [0.15, 0.2) is 12.4 Å². The Labute approximate surface area is 456 Å². The molecule has 0 aromatic rings. The van der Waals surface area contributed by atoms with Gasteiger partial charge in [0, 0.05) is 12.8 Å². The van der Waals surface area contributed by atoms with Gasteiger partial charge in [0.1, 0.15) is 24.4 Å². The van der Waals surface area contributed by atoms with Gasteiger partial charge >= 0.3 is 5.97 Å². The van der Waals surface area contributed by atoms with Crippen LogP contribution >= 0.6 is 0 Å². The zero-order valence-electron chi connectivity index (χ0n) is 47.1. The van der Waals surface area contributed by atoms with Crippen molar-refractivity contribution < 1.29 is 49.3 Å². The largest absolute Gasteiger partial charge is 0.454 e. The number of carbonyl (C=O) groups excluding carboxylic acids is 2. The molecule has 0 aliphatic carbocycles. The Morgan fingerprint density at radius 1 is 0.547 bits per heavy atom. The quantitative estimate of drug-likeness (QED) is 0.0149. The Morgan fingerprint density at radius 2 is 0.987 bits per heavy atom. The molecule has 1 aliphatic rings. The van der Waals surface area contributed by atoms with Crippen molar-refractivity contribution in [2.24, 2.45) is 0 Å². The van der Waals surface area contributed by atoms with Gasteiger partial charge in [-0.3, -0.25) is 9.59 Å². The van der Waals surface area contributed by atoms with Crippen LogP contribution in [0.3, 0.4) is 0 Å². The molecule has 1 saturated heterocycles. The minimum Gasteiger partial charge on any atom is -0.454 e. The fraction of sp³-hybridized carbons (Fsp3) is 0.688. The van der Waals surface area contributed by atoms with Crippen molar-refractivity contribution in [1.29, 1.82) is 0 Å². The molecule has 1 heterocycles. The first-order chi connectivity index (χ1) is 36.7. The van der Waals surface area contributed by atoms with Gasteiger partial charge in [-0.15, -0.1) is 0 Å². The normalized spacial score (nSPS) is 20.0. The van der Waals surface area contributed by atoms with Crippen LogP contribution in [0.5, 0.6) is 0 Å². The summed E-state index contributed by atoms with van der Waals surface area (Å²) in [6, 6.07) is -1.07. The van der Waals surface area contributed by atoms with Crippen LogP contribution in [0.1, 0.15) is 220 Å². The molecule has 8 atom stereocenters. The van der Waals surface area contributed by atoms with Crippen LogP contribution in [-0.2, 0) is 23.8 Å². The lowest BCUT2D eigenvalue weighted by molar-refractivity contribution is -0.305. The van der Waals surface area contributed by atoms with E-state index in [2.05, 4.69) is 105 Å². The highest BCUT2D eigenvalue weighted by Gasteiger charge is 2.47. The molecule has 428 valence electrons. The molecule has 8 unspecified atom stereocenters. The first-order valence-corrected chi connectivity index (χ1v) is 29.7. The van der Waals surface area contributed by atoms with Crippen LogP contribution in [0.4, 0.5) is 0 Å². The molecule has 0 radical (unpaired) electrons. The SMILES string of the molecule is CC/C=C\C/C=C\C/C=C\C/C=C\C/C=C\C/C=C\CC(O)C(=O)NC(COC1OC(CO)C(O)C(O)C1OC(=O)CCCCCCCC/C=C/C=C/CCCCC)C(O)/C=C/CCCCCCCCCCCCC. The summed E-state index contributed by atoms with van der Waals surface area (Å²) in [4.78, 5) is 26.5. The highest BCUT2D eigenvalue weighted by atomic mass is 16.7. The van der Waals surface area contributed by atoms with Gasteiger partial charge in [-0.05, 0) is 83.5 Å². The van der Waals surface area contributed by atoms with E-state index >= 15 is 0 Å². The zero-order chi connectivity index (χ0) is 54.7. The highest BCUT2D eigenvalue weighted by molar-refractivity contribution is 5.81. The number of ether oxygens (including phenoxy) is 3. The maximum absolute atomic E-state index is 13.4. The van der Waals surface area contributed by atoms with E-state index in [0.29, 0.717) is 12.8 Å². The molecule has 11 heteroatoms. The lowest BCUT2D eigenvalue weighted by atomic mass is 9.99. The molecule has 1 fully saturated rings. The number of unbranched alkanes of at least 4 members (excludes halogenated alkanes) is 20. The minimum absolute atomic E-state index is 0.0515. The molecule has 0 aromatic heterocycles. The number of carbonyl (C=O) groups is 2. The van der Waals surface area contributed by atoms with Crippen LogP contribution in [0.15, 0.2) is 109 Å². The van der Waals surface area contributed by atoms with Crippen LogP contribution in [-0.4, -0.2) is 99.6 Å². The number of hydrogen-bond acceptors (Lipinski definition) is 10. The van der Waals surface area contributed by atoms with Crippen molar-refractivity contribution in [3.63, 3.8) is 0 Å². The maximum atomic E-state index is 13.4. The van der Waals surface area contributed by atoms with Gasteiger partial charge in [0.25, 0.3) is 0 Å². The highest BCUT2D eigenvalue weighted by Crippen LogP contribution is 2.26. The van der Waals surface area contributed by atoms with Gasteiger partial charge in [-0.1, -0.05) is 233 Å². The van der Waals surface area contributed by atoms with E-state index < -0.39 is 67.4 Å². The molecule has 1 aliphatic heterocycles. The minimum atomic E-state index is -1.64. The van der Waals surface area contributed by atoms with Crippen LogP contribution in [0.2, 0.25) is 0 Å². The van der Waals surface area contributed by atoms with E-state index in [0.717, 1.165) is 103 Å². The maximum Gasteiger partial charge on any atom is 0.306 e. The second kappa shape index (κ2) is 51.1. The number of aliphatic hydroxyl groups is 5. The first kappa shape index (κ1) is 69.3. The summed E-state index contributed by atoms with van der Waals surface area (Å²) in [6.45, 7) is 5.57. The Morgan fingerprint density at radius 3 is 1.49 bits per heavy atom. The third-order valence-corrected chi connectivity index (χ3v) is 13.2. The lowest BCUT2D eigenvalue weighted by Crippen LogP contribution is -2.61. The van der Waals surface area contributed by atoms with E-state index in [1.165, 1.54) is 70.6 Å². The fourth-order valence-corrected chi connectivity index (χ4v) is 8.48. The number of hydrogen-bond donors (Lipinski definition) is 6. The van der Waals surface area contributed by atoms with Gasteiger partial charge in [0.05, 0.1) is 25.4 Å². The van der Waals surface area contributed by atoms with E-state index in [1.54, 1.807) is 12.2 Å². The molecule has 6 N–H and O–H groups in total. The van der Waals surface area contributed by atoms with Crippen LogP contribution in [0, 0.1) is 0 Å². The number of aliphatic hydroxyl groups excluding tert-OH is 5. The molecular weight excluding hydrogens is 943 g/mol. The van der Waals surface area contributed by atoms with Crippen molar-refractivity contribution in [3.8, 4) is 0 Å². The summed E-state index contributed by atoms with van der Waals surface area (Å²) < 4.78 is 17.5. The Hall–Kier alpha value is -3.68. The number of rotatable bonds is 48. The van der Waals surface area contributed by atoms with E-state index in [-0.39, 0.29) is 19.4 Å². The molecule has 0 aromatic carbocycles. The molecular formula is C64H107NO10. The third kappa shape index (κ3) is 39.4. The van der Waals surface area contributed by atoms with Gasteiger partial charge in [-0.25, -0.2) is 0 Å². The van der Waals surface area contributed by atoms with Crippen molar-refractivity contribution in [1.82, 2.24) is 5.32 Å². The number of allylic oxidation sites excluding steroid dienone is 16. The molecule has 0 saturated carbocycles. The summed E-state index contributed by atoms with van der Waals surface area (Å²) >= 11 is 0. The zero-order valence-corrected chi connectivity index (χ0v) is 47.1. The van der Waals surface area contributed by atoms with Crippen LogP contribution < -0.4 is 5.32 Å². The Kier molecular flexibility index (Phi) is 47.2. The van der Waals surface area contributed by atoms with Gasteiger partial charge < -0.3 is 45.1 Å². The summed E-state index contributed by atoms with van der Waals surface area (Å²) in [5, 5.41) is 56.8. The van der Waals surface area contributed by atoms with E-state index in [9.17, 15) is 35.1 Å². The lowest BCUT2D eigenvalue weighted by Gasteiger charge is -2.41. The average Bonchev–Trinajstić information content (AvgIpc) is 3.41. The third-order valence-electron chi connectivity index (χ3n) is 13.2. The number of esters is 1. The second-order valence-electron chi connectivity index (χ2n) is 20.0. The van der Waals surface area contributed by atoms with Gasteiger partial charge in [0.2, 0.25) is 5.91 Å². The number of nitrogens with one attached hydrogen (secondary N) is 1.